The number of hydrogen-bond donors (Lipinski definition) is 0. The summed E-state index contributed by atoms with van der Waals surface area (Å²) in [6.45, 7) is 0. The SMILES string of the molecule is COc1cc2c(cc1C(=O)c1ccccc1)C(=O)CC2. The van der Waals surface area contributed by atoms with Gasteiger partial charge in [0.25, 0.3) is 0 Å². The first-order chi connectivity index (χ1) is 9.70. The van der Waals surface area contributed by atoms with E-state index in [0.717, 1.165) is 12.0 Å². The molecule has 0 heterocycles. The number of rotatable bonds is 3. The summed E-state index contributed by atoms with van der Waals surface area (Å²) in [7, 11) is 1.54. The lowest BCUT2D eigenvalue weighted by Gasteiger charge is -2.10. The van der Waals surface area contributed by atoms with Gasteiger partial charge in [-0.1, -0.05) is 30.3 Å². The van der Waals surface area contributed by atoms with Crippen molar-refractivity contribution in [2.45, 2.75) is 12.8 Å². The zero-order valence-corrected chi connectivity index (χ0v) is 11.2. The van der Waals surface area contributed by atoms with Crippen LogP contribution in [0, 0.1) is 0 Å². The van der Waals surface area contributed by atoms with Crippen LogP contribution in [-0.2, 0) is 6.42 Å². The number of aryl methyl sites for hydroxylation is 1. The number of hydrogen-bond acceptors (Lipinski definition) is 3. The molecule has 0 N–H and O–H groups in total. The maximum Gasteiger partial charge on any atom is 0.196 e. The Morgan fingerprint density at radius 1 is 1.10 bits per heavy atom. The van der Waals surface area contributed by atoms with Crippen LogP contribution in [0.3, 0.4) is 0 Å². The van der Waals surface area contributed by atoms with Gasteiger partial charge >= 0.3 is 0 Å². The van der Waals surface area contributed by atoms with Crippen molar-refractivity contribution in [3.63, 3.8) is 0 Å². The van der Waals surface area contributed by atoms with Crippen molar-refractivity contribution in [3.05, 3.63) is 64.7 Å². The average molecular weight is 266 g/mol. The largest absolute Gasteiger partial charge is 0.496 e. The fraction of sp³-hybridized carbons (Fsp3) is 0.176. The number of carbonyl (C=O) groups is 2. The van der Waals surface area contributed by atoms with Crippen LogP contribution in [0.5, 0.6) is 5.75 Å². The molecule has 0 spiro atoms. The minimum Gasteiger partial charge on any atom is -0.496 e. The molecule has 0 aromatic heterocycles. The maximum atomic E-state index is 12.5. The highest BCUT2D eigenvalue weighted by Gasteiger charge is 2.24. The third kappa shape index (κ3) is 2.01. The molecule has 0 unspecified atom stereocenters. The number of methoxy groups -OCH3 is 1. The van der Waals surface area contributed by atoms with Crippen molar-refractivity contribution < 1.29 is 14.3 Å². The van der Waals surface area contributed by atoms with E-state index in [0.29, 0.717) is 28.9 Å². The van der Waals surface area contributed by atoms with Crippen LogP contribution >= 0.6 is 0 Å². The summed E-state index contributed by atoms with van der Waals surface area (Å²) >= 11 is 0. The van der Waals surface area contributed by atoms with Gasteiger partial charge in [0.05, 0.1) is 12.7 Å². The molecule has 3 rings (SSSR count). The summed E-state index contributed by atoms with van der Waals surface area (Å²) in [5.74, 6) is 0.516. The van der Waals surface area contributed by atoms with Gasteiger partial charge in [0.1, 0.15) is 5.75 Å². The molecule has 0 bridgehead atoms. The van der Waals surface area contributed by atoms with Gasteiger partial charge in [0, 0.05) is 17.5 Å². The van der Waals surface area contributed by atoms with Crippen LogP contribution in [0.25, 0.3) is 0 Å². The molecule has 100 valence electrons. The summed E-state index contributed by atoms with van der Waals surface area (Å²) in [5, 5.41) is 0. The molecular formula is C17H14O3. The number of fused-ring (bicyclic) bond motifs is 1. The molecule has 1 aliphatic rings. The van der Waals surface area contributed by atoms with Crippen LogP contribution in [-0.4, -0.2) is 18.7 Å². The molecule has 0 radical (unpaired) electrons. The number of ketones is 2. The summed E-state index contributed by atoms with van der Waals surface area (Å²) < 4.78 is 5.32. The Bertz CT molecular complexity index is 687. The summed E-state index contributed by atoms with van der Waals surface area (Å²) in [5.41, 5.74) is 2.67. The fourth-order valence-electron chi connectivity index (χ4n) is 2.56. The van der Waals surface area contributed by atoms with Crippen LogP contribution < -0.4 is 4.74 Å². The second-order valence-corrected chi connectivity index (χ2v) is 4.83. The van der Waals surface area contributed by atoms with Gasteiger partial charge in [-0.25, -0.2) is 0 Å². The Hall–Kier alpha value is -2.42. The van der Waals surface area contributed by atoms with E-state index in [-0.39, 0.29) is 11.6 Å². The number of benzene rings is 2. The first-order valence-corrected chi connectivity index (χ1v) is 6.54. The Labute approximate surface area is 117 Å². The smallest absolute Gasteiger partial charge is 0.196 e. The van der Waals surface area contributed by atoms with E-state index < -0.39 is 0 Å². The molecule has 0 saturated heterocycles. The highest BCUT2D eigenvalue weighted by atomic mass is 16.5. The lowest BCUT2D eigenvalue weighted by Crippen LogP contribution is -2.06. The second-order valence-electron chi connectivity index (χ2n) is 4.83. The predicted octanol–water partition coefficient (Wildman–Crippen LogP) is 3.06. The molecule has 0 amide bonds. The third-order valence-corrected chi connectivity index (χ3v) is 3.63. The van der Waals surface area contributed by atoms with Crippen molar-refractivity contribution in [2.24, 2.45) is 0 Å². The lowest BCUT2D eigenvalue weighted by atomic mass is 9.98. The molecule has 2 aromatic carbocycles. The number of ether oxygens (including phenoxy) is 1. The van der Waals surface area contributed by atoms with Crippen LogP contribution in [0.4, 0.5) is 0 Å². The third-order valence-electron chi connectivity index (χ3n) is 3.63. The van der Waals surface area contributed by atoms with Crippen LogP contribution in [0.2, 0.25) is 0 Å². The maximum absolute atomic E-state index is 12.5. The normalized spacial score (nSPS) is 13.2. The lowest BCUT2D eigenvalue weighted by molar-refractivity contribution is 0.0994. The first-order valence-electron chi connectivity index (χ1n) is 6.54. The van der Waals surface area contributed by atoms with Gasteiger partial charge in [-0.2, -0.15) is 0 Å². The molecule has 20 heavy (non-hydrogen) atoms. The van der Waals surface area contributed by atoms with E-state index in [1.165, 1.54) is 0 Å². The van der Waals surface area contributed by atoms with Crippen LogP contribution in [0.1, 0.15) is 38.3 Å². The number of Topliss-reactive ketones (excluding diaryl/α,β-unsaturated/α-hetero) is 1. The highest BCUT2D eigenvalue weighted by molar-refractivity contribution is 6.12. The van der Waals surface area contributed by atoms with Gasteiger partial charge < -0.3 is 4.74 Å². The van der Waals surface area contributed by atoms with E-state index in [2.05, 4.69) is 0 Å². The van der Waals surface area contributed by atoms with Crippen molar-refractivity contribution >= 4 is 11.6 Å². The first kappa shape index (κ1) is 12.6. The Morgan fingerprint density at radius 2 is 1.85 bits per heavy atom. The van der Waals surface area contributed by atoms with Crippen molar-refractivity contribution in [1.82, 2.24) is 0 Å². The summed E-state index contributed by atoms with van der Waals surface area (Å²) in [6.07, 6.45) is 1.24. The summed E-state index contributed by atoms with van der Waals surface area (Å²) in [4.78, 5) is 24.4. The van der Waals surface area contributed by atoms with E-state index in [1.807, 2.05) is 24.3 Å². The molecule has 0 atom stereocenters. The van der Waals surface area contributed by atoms with E-state index in [9.17, 15) is 9.59 Å². The molecule has 0 aliphatic heterocycles. The van der Waals surface area contributed by atoms with Gasteiger partial charge in [-0.05, 0) is 24.1 Å². The van der Waals surface area contributed by atoms with Crippen LogP contribution in [0.15, 0.2) is 42.5 Å². The Morgan fingerprint density at radius 3 is 2.55 bits per heavy atom. The minimum absolute atomic E-state index is 0.102. The van der Waals surface area contributed by atoms with Crippen molar-refractivity contribution in [3.8, 4) is 5.75 Å². The molecule has 1 aliphatic carbocycles. The fourth-order valence-corrected chi connectivity index (χ4v) is 2.56. The monoisotopic (exact) mass is 266 g/mol. The van der Waals surface area contributed by atoms with Gasteiger partial charge in [0.2, 0.25) is 0 Å². The van der Waals surface area contributed by atoms with Crippen molar-refractivity contribution in [1.29, 1.82) is 0 Å². The molecular weight excluding hydrogens is 252 g/mol. The average Bonchev–Trinajstić information content (AvgIpc) is 2.87. The molecule has 3 nitrogen and oxygen atoms in total. The minimum atomic E-state index is -0.120. The highest BCUT2D eigenvalue weighted by Crippen LogP contribution is 2.31. The molecule has 3 heteroatoms. The topological polar surface area (TPSA) is 43.4 Å². The Balaban J connectivity index is 2.11. The van der Waals surface area contributed by atoms with Crippen molar-refractivity contribution in [2.75, 3.05) is 7.11 Å². The molecule has 0 saturated carbocycles. The quantitative estimate of drug-likeness (QED) is 0.802. The van der Waals surface area contributed by atoms with Gasteiger partial charge in [0.15, 0.2) is 11.6 Å². The Kier molecular flexibility index (Phi) is 3.11. The van der Waals surface area contributed by atoms with Gasteiger partial charge in [-0.3, -0.25) is 9.59 Å². The molecule has 0 fully saturated rings. The molecule has 2 aromatic rings. The standard InChI is InChI=1S/C17H14O3/c1-20-16-9-12-7-8-15(18)13(12)10-14(16)17(19)11-5-3-2-4-6-11/h2-6,9-10H,7-8H2,1H3. The zero-order chi connectivity index (χ0) is 14.1. The summed E-state index contributed by atoms with van der Waals surface area (Å²) in [6, 6.07) is 12.5. The van der Waals surface area contributed by atoms with Gasteiger partial charge in [-0.15, -0.1) is 0 Å². The number of carbonyl (C=O) groups excluding carboxylic acids is 2. The zero-order valence-electron chi connectivity index (χ0n) is 11.2. The van der Waals surface area contributed by atoms with E-state index in [4.69, 9.17) is 4.74 Å². The van der Waals surface area contributed by atoms with E-state index in [1.54, 1.807) is 25.3 Å². The van der Waals surface area contributed by atoms with E-state index >= 15 is 0 Å². The second kappa shape index (κ2) is 4.93. The predicted molar refractivity (Wildman–Crippen MR) is 75.5 cm³/mol.